The molecule has 0 bridgehead atoms. The van der Waals surface area contributed by atoms with E-state index in [1.54, 1.807) is 12.1 Å². The Hall–Kier alpha value is -2.63. The smallest absolute Gasteiger partial charge is 0.292 e. The zero-order valence-electron chi connectivity index (χ0n) is 11.6. The Balaban J connectivity index is 1.97. The summed E-state index contributed by atoms with van der Waals surface area (Å²) in [4.78, 5) is 10.2. The number of nitrogens with zero attached hydrogens (tertiary/aromatic N) is 1. The largest absolute Gasteiger partial charge is 0.393 e. The molecule has 0 aromatic heterocycles. The van der Waals surface area contributed by atoms with Gasteiger partial charge in [-0.15, -0.1) is 0 Å². The summed E-state index contributed by atoms with van der Waals surface area (Å²) < 4.78 is 13.0. The van der Waals surface area contributed by atoms with Crippen LogP contribution in [0.2, 0.25) is 0 Å². The van der Waals surface area contributed by atoms with Gasteiger partial charge in [0, 0.05) is 18.3 Å². The lowest BCUT2D eigenvalue weighted by atomic mass is 10.1. The van der Waals surface area contributed by atoms with Gasteiger partial charge in [-0.3, -0.25) is 10.1 Å². The van der Waals surface area contributed by atoms with Crippen molar-refractivity contribution in [2.24, 2.45) is 0 Å². The Morgan fingerprint density at radius 3 is 2.67 bits per heavy atom. The number of hydrogen-bond acceptors (Lipinski definition) is 4. The van der Waals surface area contributed by atoms with Crippen LogP contribution in [0.15, 0.2) is 36.4 Å². The lowest BCUT2D eigenvalue weighted by Gasteiger charge is -2.09. The summed E-state index contributed by atoms with van der Waals surface area (Å²) in [5.41, 5.74) is 8.33. The van der Waals surface area contributed by atoms with Crippen molar-refractivity contribution in [3.8, 4) is 0 Å². The van der Waals surface area contributed by atoms with Gasteiger partial charge in [0.1, 0.15) is 11.5 Å². The summed E-state index contributed by atoms with van der Waals surface area (Å²) in [5, 5.41) is 13.8. The summed E-state index contributed by atoms with van der Waals surface area (Å²) in [6.07, 6.45) is 0.725. The number of rotatable bonds is 5. The lowest BCUT2D eigenvalue weighted by Crippen LogP contribution is -2.07. The highest BCUT2D eigenvalue weighted by Gasteiger charge is 2.10. The van der Waals surface area contributed by atoms with Gasteiger partial charge in [0.25, 0.3) is 5.69 Å². The predicted octanol–water partition coefficient (Wildman–Crippen LogP) is 3.28. The van der Waals surface area contributed by atoms with Crippen LogP contribution in [0.25, 0.3) is 0 Å². The van der Waals surface area contributed by atoms with Crippen LogP contribution < -0.4 is 11.1 Å². The maximum absolute atomic E-state index is 13.0. The third-order valence-electron chi connectivity index (χ3n) is 3.25. The monoisotopic (exact) mass is 289 g/mol. The van der Waals surface area contributed by atoms with Gasteiger partial charge >= 0.3 is 0 Å². The van der Waals surface area contributed by atoms with Crippen LogP contribution in [-0.2, 0) is 6.42 Å². The first-order valence-electron chi connectivity index (χ1n) is 6.50. The number of hydrogen-bond donors (Lipinski definition) is 2. The minimum atomic E-state index is -0.513. The molecule has 21 heavy (non-hydrogen) atoms. The maximum atomic E-state index is 13.0. The number of nitro benzene ring substituents is 1. The summed E-state index contributed by atoms with van der Waals surface area (Å²) in [6.45, 7) is 2.49. The fourth-order valence-electron chi connectivity index (χ4n) is 2.11. The molecule has 0 heterocycles. The average Bonchev–Trinajstić information content (AvgIpc) is 2.41. The summed E-state index contributed by atoms with van der Waals surface area (Å²) >= 11 is 0. The number of nitrogens with two attached hydrogens (primary N) is 1. The second kappa shape index (κ2) is 6.21. The Labute approximate surface area is 121 Å². The molecule has 0 aliphatic rings. The van der Waals surface area contributed by atoms with E-state index in [4.69, 9.17) is 5.73 Å². The number of benzene rings is 2. The molecule has 0 saturated carbocycles. The van der Waals surface area contributed by atoms with E-state index in [9.17, 15) is 14.5 Å². The molecule has 0 spiro atoms. The molecular formula is C15H16FN3O2. The van der Waals surface area contributed by atoms with Gasteiger partial charge in [-0.05, 0) is 48.7 Å². The fraction of sp³-hybridized carbons (Fsp3) is 0.200. The molecule has 0 radical (unpaired) electrons. The second-order valence-corrected chi connectivity index (χ2v) is 4.78. The Kier molecular flexibility index (Phi) is 4.37. The van der Waals surface area contributed by atoms with Crippen molar-refractivity contribution in [1.82, 2.24) is 0 Å². The van der Waals surface area contributed by atoms with Crippen LogP contribution in [0.1, 0.15) is 11.1 Å². The fourth-order valence-corrected chi connectivity index (χ4v) is 2.11. The van der Waals surface area contributed by atoms with Crippen LogP contribution >= 0.6 is 0 Å². The van der Waals surface area contributed by atoms with E-state index in [2.05, 4.69) is 5.32 Å². The van der Waals surface area contributed by atoms with E-state index in [1.165, 1.54) is 24.3 Å². The minimum absolute atomic E-state index is 0.102. The van der Waals surface area contributed by atoms with Crippen molar-refractivity contribution in [1.29, 1.82) is 0 Å². The molecule has 2 aromatic carbocycles. The maximum Gasteiger partial charge on any atom is 0.292 e. The number of aryl methyl sites for hydroxylation is 1. The van der Waals surface area contributed by atoms with Crippen molar-refractivity contribution < 1.29 is 9.31 Å². The van der Waals surface area contributed by atoms with Crippen molar-refractivity contribution in [3.63, 3.8) is 0 Å². The van der Waals surface area contributed by atoms with Crippen LogP contribution in [0.3, 0.4) is 0 Å². The van der Waals surface area contributed by atoms with Gasteiger partial charge in [0.15, 0.2) is 0 Å². The van der Waals surface area contributed by atoms with E-state index in [0.717, 1.165) is 23.2 Å². The van der Waals surface area contributed by atoms with Crippen LogP contribution in [0.5, 0.6) is 0 Å². The summed E-state index contributed by atoms with van der Waals surface area (Å²) in [5.74, 6) is -0.243. The Bertz CT molecular complexity index is 674. The first-order chi connectivity index (χ1) is 9.97. The topological polar surface area (TPSA) is 81.2 Å². The number of nitrogens with one attached hydrogen (secondary N) is 1. The molecule has 0 atom stereocenters. The van der Waals surface area contributed by atoms with Gasteiger partial charge in [-0.25, -0.2) is 4.39 Å². The molecule has 2 rings (SSSR count). The molecule has 0 amide bonds. The molecule has 0 saturated heterocycles. The third-order valence-corrected chi connectivity index (χ3v) is 3.25. The van der Waals surface area contributed by atoms with Gasteiger partial charge in [-0.2, -0.15) is 0 Å². The number of halogens is 1. The minimum Gasteiger partial charge on any atom is -0.393 e. The summed E-state index contributed by atoms with van der Waals surface area (Å²) in [7, 11) is 0. The highest BCUT2D eigenvalue weighted by Crippen LogP contribution is 2.24. The number of nitro groups is 1. The standard InChI is InChI=1S/C15H16FN3O2/c1-10-8-12(16)3-2-11(10)6-7-18-13-4-5-15(19(20)21)14(17)9-13/h2-5,8-9,18H,6-7,17H2,1H3. The third kappa shape index (κ3) is 3.68. The van der Waals surface area contributed by atoms with Gasteiger partial charge in [0.05, 0.1) is 4.92 Å². The zero-order chi connectivity index (χ0) is 15.4. The van der Waals surface area contributed by atoms with Gasteiger partial charge in [-0.1, -0.05) is 6.07 Å². The molecule has 3 N–H and O–H groups in total. The number of nitrogen functional groups attached to an aromatic ring is 1. The molecule has 5 nitrogen and oxygen atoms in total. The van der Waals surface area contributed by atoms with E-state index in [-0.39, 0.29) is 17.2 Å². The van der Waals surface area contributed by atoms with E-state index in [0.29, 0.717) is 6.54 Å². The van der Waals surface area contributed by atoms with E-state index in [1.807, 2.05) is 6.92 Å². The Morgan fingerprint density at radius 2 is 2.05 bits per heavy atom. The molecule has 6 heteroatoms. The first kappa shape index (κ1) is 14.8. The normalized spacial score (nSPS) is 10.4. The number of anilines is 2. The van der Waals surface area contributed by atoms with Crippen LogP contribution in [-0.4, -0.2) is 11.5 Å². The van der Waals surface area contributed by atoms with Crippen LogP contribution in [0, 0.1) is 22.9 Å². The molecule has 0 fully saturated rings. The molecule has 2 aromatic rings. The van der Waals surface area contributed by atoms with Crippen molar-refractivity contribution in [2.75, 3.05) is 17.6 Å². The van der Waals surface area contributed by atoms with Crippen molar-refractivity contribution >= 4 is 17.1 Å². The highest BCUT2D eigenvalue weighted by molar-refractivity contribution is 5.65. The predicted molar refractivity (Wildman–Crippen MR) is 80.8 cm³/mol. The first-order valence-corrected chi connectivity index (χ1v) is 6.50. The quantitative estimate of drug-likeness (QED) is 0.503. The molecule has 0 unspecified atom stereocenters. The molecule has 110 valence electrons. The summed E-state index contributed by atoms with van der Waals surface area (Å²) in [6, 6.07) is 9.23. The lowest BCUT2D eigenvalue weighted by molar-refractivity contribution is -0.383. The Morgan fingerprint density at radius 1 is 1.29 bits per heavy atom. The highest BCUT2D eigenvalue weighted by atomic mass is 19.1. The van der Waals surface area contributed by atoms with E-state index >= 15 is 0 Å². The van der Waals surface area contributed by atoms with Gasteiger partial charge in [0.2, 0.25) is 0 Å². The molecule has 0 aliphatic heterocycles. The van der Waals surface area contributed by atoms with Crippen molar-refractivity contribution in [2.45, 2.75) is 13.3 Å². The zero-order valence-corrected chi connectivity index (χ0v) is 11.6. The molecular weight excluding hydrogens is 273 g/mol. The van der Waals surface area contributed by atoms with E-state index < -0.39 is 4.92 Å². The van der Waals surface area contributed by atoms with Crippen molar-refractivity contribution in [3.05, 3.63) is 63.5 Å². The molecule has 0 aliphatic carbocycles. The van der Waals surface area contributed by atoms with Crippen LogP contribution in [0.4, 0.5) is 21.5 Å². The average molecular weight is 289 g/mol. The second-order valence-electron chi connectivity index (χ2n) is 4.78. The van der Waals surface area contributed by atoms with Gasteiger partial charge < -0.3 is 11.1 Å². The SMILES string of the molecule is Cc1cc(F)ccc1CCNc1ccc([N+](=O)[O-])c(N)c1.